The zero-order chi connectivity index (χ0) is 17.3. The number of nitrogens with one attached hydrogen (secondary N) is 2. The second-order valence-corrected chi connectivity index (χ2v) is 5.43. The van der Waals surface area contributed by atoms with E-state index in [9.17, 15) is 13.6 Å². The predicted octanol–water partition coefficient (Wildman–Crippen LogP) is 3.20. The van der Waals surface area contributed by atoms with Gasteiger partial charge in [0.05, 0.1) is 12.6 Å². The van der Waals surface area contributed by atoms with E-state index in [1.807, 2.05) is 26.0 Å². The van der Waals surface area contributed by atoms with Crippen LogP contribution in [-0.2, 0) is 4.79 Å². The van der Waals surface area contributed by atoms with Gasteiger partial charge >= 0.3 is 6.29 Å². The lowest BCUT2D eigenvalue weighted by atomic mass is 10.2. The van der Waals surface area contributed by atoms with Crippen molar-refractivity contribution < 1.29 is 27.5 Å². The minimum absolute atomic E-state index is 0.0332. The van der Waals surface area contributed by atoms with Crippen LogP contribution >= 0.6 is 0 Å². The molecule has 1 atom stereocenters. The summed E-state index contributed by atoms with van der Waals surface area (Å²) in [6, 6.07) is 7.60. The van der Waals surface area contributed by atoms with Crippen LogP contribution in [0.1, 0.15) is 24.5 Å². The Morgan fingerprint density at radius 2 is 1.96 bits per heavy atom. The van der Waals surface area contributed by atoms with E-state index in [0.717, 1.165) is 11.5 Å². The summed E-state index contributed by atoms with van der Waals surface area (Å²) in [4.78, 5) is 12.0. The minimum atomic E-state index is -3.68. The highest BCUT2D eigenvalue weighted by molar-refractivity contribution is 5.92. The lowest BCUT2D eigenvalue weighted by Gasteiger charge is -2.11. The van der Waals surface area contributed by atoms with Gasteiger partial charge in [-0.25, -0.2) is 0 Å². The highest BCUT2D eigenvalue weighted by Crippen LogP contribution is 2.42. The molecule has 3 rings (SSSR count). The summed E-state index contributed by atoms with van der Waals surface area (Å²) in [7, 11) is 0. The molecule has 24 heavy (non-hydrogen) atoms. The van der Waals surface area contributed by atoms with Gasteiger partial charge in [-0.05, 0) is 38.1 Å². The topological polar surface area (TPSA) is 72.7 Å². The van der Waals surface area contributed by atoms with Crippen molar-refractivity contribution in [2.24, 2.45) is 0 Å². The van der Waals surface area contributed by atoms with E-state index in [1.54, 1.807) is 0 Å². The molecule has 0 aliphatic carbocycles. The number of carbonyl (C=O) groups is 1. The van der Waals surface area contributed by atoms with E-state index in [0.29, 0.717) is 5.69 Å². The maximum Gasteiger partial charge on any atom is 0.586 e. The molecule has 1 amide bonds. The summed E-state index contributed by atoms with van der Waals surface area (Å²) in [5.74, 6) is 1.00. The normalized spacial score (nSPS) is 16.0. The molecule has 0 saturated heterocycles. The molecule has 0 bridgehead atoms. The van der Waals surface area contributed by atoms with E-state index in [-0.39, 0.29) is 30.0 Å². The summed E-state index contributed by atoms with van der Waals surface area (Å²) in [5, 5.41) is 5.61. The highest BCUT2D eigenvalue weighted by Gasteiger charge is 2.43. The number of halogens is 2. The number of hydrogen-bond acceptors (Lipinski definition) is 5. The molecule has 1 aliphatic heterocycles. The maximum absolute atomic E-state index is 13.0. The predicted molar refractivity (Wildman–Crippen MR) is 81.1 cm³/mol. The average molecular weight is 338 g/mol. The Balaban J connectivity index is 1.54. The maximum atomic E-state index is 13.0. The first kappa shape index (κ1) is 16.3. The lowest BCUT2D eigenvalue weighted by molar-refractivity contribution is -0.286. The van der Waals surface area contributed by atoms with Crippen LogP contribution in [0.4, 0.5) is 14.5 Å². The van der Waals surface area contributed by atoms with Crippen molar-refractivity contribution in [3.05, 3.63) is 41.9 Å². The molecule has 0 radical (unpaired) electrons. The van der Waals surface area contributed by atoms with Gasteiger partial charge in [0, 0.05) is 11.8 Å². The first-order chi connectivity index (χ1) is 11.3. The fourth-order valence-electron chi connectivity index (χ4n) is 2.26. The third-order valence-electron chi connectivity index (χ3n) is 3.44. The second-order valence-electron chi connectivity index (χ2n) is 5.43. The molecular formula is C16H16F2N2O4. The number of hydrogen-bond donors (Lipinski definition) is 2. The number of carbonyl (C=O) groups excluding carboxylic acids is 1. The van der Waals surface area contributed by atoms with Crippen LogP contribution < -0.4 is 20.1 Å². The van der Waals surface area contributed by atoms with Gasteiger partial charge in [-0.15, -0.1) is 8.78 Å². The fraction of sp³-hybridized carbons (Fsp3) is 0.312. The van der Waals surface area contributed by atoms with E-state index in [1.165, 1.54) is 18.2 Å². The van der Waals surface area contributed by atoms with Crippen LogP contribution in [0.15, 0.2) is 34.7 Å². The molecule has 1 aliphatic rings. The summed E-state index contributed by atoms with van der Waals surface area (Å²) in [6.07, 6.45) is -3.68. The van der Waals surface area contributed by atoms with E-state index >= 15 is 0 Å². The monoisotopic (exact) mass is 338 g/mol. The van der Waals surface area contributed by atoms with Gasteiger partial charge in [-0.1, -0.05) is 0 Å². The molecule has 128 valence electrons. The molecular weight excluding hydrogens is 322 g/mol. The van der Waals surface area contributed by atoms with Crippen LogP contribution in [-0.4, -0.2) is 18.7 Å². The number of alkyl halides is 2. The van der Waals surface area contributed by atoms with Crippen LogP contribution in [0.2, 0.25) is 0 Å². The Kier molecular flexibility index (Phi) is 4.15. The Labute approximate surface area is 136 Å². The minimum Gasteiger partial charge on any atom is -0.465 e. The molecule has 1 unspecified atom stereocenters. The average Bonchev–Trinajstić information content (AvgIpc) is 3.06. The van der Waals surface area contributed by atoms with Crippen molar-refractivity contribution in [2.75, 3.05) is 11.9 Å². The summed E-state index contributed by atoms with van der Waals surface area (Å²) in [6.45, 7) is 3.74. The first-order valence-electron chi connectivity index (χ1n) is 7.32. The Morgan fingerprint density at radius 3 is 2.67 bits per heavy atom. The van der Waals surface area contributed by atoms with Crippen molar-refractivity contribution in [3.63, 3.8) is 0 Å². The van der Waals surface area contributed by atoms with Crippen molar-refractivity contribution >= 4 is 11.6 Å². The molecule has 1 aromatic carbocycles. The van der Waals surface area contributed by atoms with Crippen molar-refractivity contribution in [2.45, 2.75) is 26.2 Å². The number of benzene rings is 1. The van der Waals surface area contributed by atoms with Crippen LogP contribution in [0, 0.1) is 6.92 Å². The Morgan fingerprint density at radius 1 is 1.21 bits per heavy atom. The Hall–Kier alpha value is -2.61. The van der Waals surface area contributed by atoms with E-state index < -0.39 is 6.29 Å². The molecule has 1 aromatic heterocycles. The molecule has 2 heterocycles. The van der Waals surface area contributed by atoms with Crippen molar-refractivity contribution in [1.29, 1.82) is 0 Å². The van der Waals surface area contributed by atoms with Gasteiger partial charge < -0.3 is 19.2 Å². The zero-order valence-corrected chi connectivity index (χ0v) is 13.1. The van der Waals surface area contributed by atoms with Gasteiger partial charge in [0.15, 0.2) is 11.5 Å². The number of furan rings is 1. The molecule has 2 aromatic rings. The number of rotatable bonds is 5. The largest absolute Gasteiger partial charge is 0.586 e. The summed E-state index contributed by atoms with van der Waals surface area (Å²) < 4.78 is 40.0. The van der Waals surface area contributed by atoms with Crippen LogP contribution in [0.3, 0.4) is 0 Å². The molecule has 0 fully saturated rings. The number of amides is 1. The van der Waals surface area contributed by atoms with Gasteiger partial charge in [0.2, 0.25) is 5.91 Å². The number of anilines is 1. The molecule has 2 N–H and O–H groups in total. The lowest BCUT2D eigenvalue weighted by Crippen LogP contribution is -2.29. The highest BCUT2D eigenvalue weighted by atomic mass is 19.3. The molecule has 0 spiro atoms. The van der Waals surface area contributed by atoms with Gasteiger partial charge in [-0.3, -0.25) is 10.1 Å². The van der Waals surface area contributed by atoms with Crippen molar-refractivity contribution in [1.82, 2.24) is 5.32 Å². The standard InChI is InChI=1S/C16H16F2N2O4/c1-9-3-5-12(22-9)10(2)19-8-15(21)20-11-4-6-13-14(7-11)24-16(17,18)23-13/h3-7,10,19H,8H2,1-2H3,(H,20,21). The third-order valence-corrected chi connectivity index (χ3v) is 3.44. The number of ether oxygens (including phenoxy) is 2. The Bertz CT molecular complexity index is 760. The van der Waals surface area contributed by atoms with Gasteiger partial charge in [0.25, 0.3) is 0 Å². The zero-order valence-electron chi connectivity index (χ0n) is 13.1. The van der Waals surface area contributed by atoms with Crippen LogP contribution in [0.5, 0.6) is 11.5 Å². The summed E-state index contributed by atoms with van der Waals surface area (Å²) in [5.41, 5.74) is 0.336. The number of aryl methyl sites for hydroxylation is 1. The quantitative estimate of drug-likeness (QED) is 0.876. The molecule has 6 nitrogen and oxygen atoms in total. The van der Waals surface area contributed by atoms with Crippen molar-refractivity contribution in [3.8, 4) is 11.5 Å². The molecule has 8 heteroatoms. The molecule has 0 saturated carbocycles. The van der Waals surface area contributed by atoms with Crippen LogP contribution in [0.25, 0.3) is 0 Å². The first-order valence-corrected chi connectivity index (χ1v) is 7.32. The second kappa shape index (κ2) is 6.12. The third kappa shape index (κ3) is 3.65. The van der Waals surface area contributed by atoms with E-state index in [4.69, 9.17) is 4.42 Å². The van der Waals surface area contributed by atoms with E-state index in [2.05, 4.69) is 20.1 Å². The smallest absolute Gasteiger partial charge is 0.465 e. The number of fused-ring (bicyclic) bond motifs is 1. The van der Waals surface area contributed by atoms with Gasteiger partial charge in [-0.2, -0.15) is 0 Å². The summed E-state index contributed by atoms with van der Waals surface area (Å²) >= 11 is 0. The SMILES string of the molecule is Cc1ccc(C(C)NCC(=O)Nc2ccc3c(c2)OC(F)(F)O3)o1. The van der Waals surface area contributed by atoms with Gasteiger partial charge in [0.1, 0.15) is 11.5 Å². The fourth-order valence-corrected chi connectivity index (χ4v) is 2.26.